The minimum Gasteiger partial charge on any atom is -0.377 e. The van der Waals surface area contributed by atoms with Crippen LogP contribution in [0.1, 0.15) is 25.0 Å². The lowest BCUT2D eigenvalue weighted by Crippen LogP contribution is -2.39. The maximum Gasteiger partial charge on any atom is 0.240 e. The molecule has 0 saturated heterocycles. The average molecular weight is 365 g/mol. The molecule has 0 aliphatic heterocycles. The maximum absolute atomic E-state index is 12.4. The molecular weight excluding hydrogens is 344 g/mol. The Kier molecular flexibility index (Phi) is 5.74. The highest BCUT2D eigenvalue weighted by atomic mass is 79.9. The number of halogens is 1. The van der Waals surface area contributed by atoms with E-state index in [1.54, 1.807) is 20.1 Å². The van der Waals surface area contributed by atoms with Gasteiger partial charge in [0.25, 0.3) is 0 Å². The Morgan fingerprint density at radius 2 is 2.00 bits per heavy atom. The molecule has 5 nitrogen and oxygen atoms in total. The predicted octanol–water partition coefficient (Wildman–Crippen LogP) is 1.92. The molecule has 20 heavy (non-hydrogen) atoms. The third kappa shape index (κ3) is 4.26. The molecular formula is C13H21BrN2O3S. The quantitative estimate of drug-likeness (QED) is 0.807. The SMILES string of the molecule is COC(C)(C)CNS(=O)(=O)c1cc(CN)cc(Br)c1C. The lowest BCUT2D eigenvalue weighted by Gasteiger charge is -2.23. The van der Waals surface area contributed by atoms with Crippen LogP contribution in [0, 0.1) is 6.92 Å². The topological polar surface area (TPSA) is 81.4 Å². The average Bonchev–Trinajstić information content (AvgIpc) is 2.39. The molecule has 0 unspecified atom stereocenters. The number of hydrogen-bond donors (Lipinski definition) is 2. The van der Waals surface area contributed by atoms with Gasteiger partial charge in [-0.1, -0.05) is 15.9 Å². The summed E-state index contributed by atoms with van der Waals surface area (Å²) in [7, 11) is -2.06. The van der Waals surface area contributed by atoms with Crippen molar-refractivity contribution in [3.8, 4) is 0 Å². The highest BCUT2D eigenvalue weighted by Crippen LogP contribution is 2.25. The Morgan fingerprint density at radius 3 is 2.50 bits per heavy atom. The second-order valence-corrected chi connectivity index (χ2v) is 7.78. The normalized spacial score (nSPS) is 12.7. The fourth-order valence-electron chi connectivity index (χ4n) is 1.52. The monoisotopic (exact) mass is 364 g/mol. The van der Waals surface area contributed by atoms with Gasteiger partial charge in [-0.3, -0.25) is 0 Å². The zero-order chi connectivity index (χ0) is 15.6. The first kappa shape index (κ1) is 17.6. The Hall–Kier alpha value is -0.470. The summed E-state index contributed by atoms with van der Waals surface area (Å²) in [4.78, 5) is 0.235. The summed E-state index contributed by atoms with van der Waals surface area (Å²) in [6.07, 6.45) is 0. The molecule has 0 spiro atoms. The number of ether oxygens (including phenoxy) is 1. The Bertz CT molecular complexity index is 586. The first-order valence-electron chi connectivity index (χ1n) is 6.17. The zero-order valence-electron chi connectivity index (χ0n) is 12.2. The van der Waals surface area contributed by atoms with Crippen molar-refractivity contribution < 1.29 is 13.2 Å². The number of methoxy groups -OCH3 is 1. The molecule has 0 amide bonds. The number of sulfonamides is 1. The van der Waals surface area contributed by atoms with Crippen molar-refractivity contribution >= 4 is 26.0 Å². The first-order chi connectivity index (χ1) is 9.13. The molecule has 0 fully saturated rings. The van der Waals surface area contributed by atoms with Crippen molar-refractivity contribution in [2.75, 3.05) is 13.7 Å². The minimum atomic E-state index is -3.60. The molecule has 0 heterocycles. The van der Waals surface area contributed by atoms with Crippen LogP contribution in [0.2, 0.25) is 0 Å². The summed E-state index contributed by atoms with van der Waals surface area (Å²) in [5, 5.41) is 0. The fourth-order valence-corrected chi connectivity index (χ4v) is 3.67. The van der Waals surface area contributed by atoms with E-state index in [4.69, 9.17) is 10.5 Å². The van der Waals surface area contributed by atoms with Gasteiger partial charge in [-0.05, 0) is 44.0 Å². The van der Waals surface area contributed by atoms with E-state index in [2.05, 4.69) is 20.7 Å². The summed E-state index contributed by atoms with van der Waals surface area (Å²) in [5.74, 6) is 0. The highest BCUT2D eigenvalue weighted by Gasteiger charge is 2.24. The summed E-state index contributed by atoms with van der Waals surface area (Å²) in [6.45, 7) is 5.85. The Balaban J connectivity index is 3.13. The van der Waals surface area contributed by atoms with E-state index in [1.807, 2.05) is 19.9 Å². The second-order valence-electron chi connectivity index (χ2n) is 5.19. The smallest absolute Gasteiger partial charge is 0.240 e. The minimum absolute atomic E-state index is 0.190. The lowest BCUT2D eigenvalue weighted by atomic mass is 10.1. The van der Waals surface area contributed by atoms with Crippen LogP contribution in [-0.4, -0.2) is 27.7 Å². The third-order valence-electron chi connectivity index (χ3n) is 3.12. The predicted molar refractivity (Wildman–Crippen MR) is 83.0 cm³/mol. The molecule has 0 bridgehead atoms. The van der Waals surface area contributed by atoms with Crippen molar-refractivity contribution in [3.63, 3.8) is 0 Å². The van der Waals surface area contributed by atoms with Crippen molar-refractivity contribution in [2.45, 2.75) is 37.8 Å². The number of nitrogens with two attached hydrogens (primary N) is 1. The number of rotatable bonds is 6. The summed E-state index contributed by atoms with van der Waals surface area (Å²) in [5.41, 5.74) is 6.44. The standard InChI is InChI=1S/C13H21BrN2O3S/c1-9-11(14)5-10(7-15)6-12(9)20(17,18)16-8-13(2,3)19-4/h5-6,16H,7-8,15H2,1-4H3. The summed E-state index contributed by atoms with van der Waals surface area (Å²) < 4.78 is 33.3. The first-order valence-corrected chi connectivity index (χ1v) is 8.44. The molecule has 0 radical (unpaired) electrons. The van der Waals surface area contributed by atoms with Crippen molar-refractivity contribution in [2.24, 2.45) is 5.73 Å². The van der Waals surface area contributed by atoms with Crippen LogP contribution < -0.4 is 10.5 Å². The molecule has 1 aromatic carbocycles. The van der Waals surface area contributed by atoms with Gasteiger partial charge in [0.1, 0.15) is 0 Å². The van der Waals surface area contributed by atoms with E-state index in [0.717, 1.165) is 10.0 Å². The molecule has 0 saturated carbocycles. The second kappa shape index (κ2) is 6.53. The van der Waals surface area contributed by atoms with Crippen LogP contribution in [-0.2, 0) is 21.3 Å². The van der Waals surface area contributed by atoms with Crippen molar-refractivity contribution in [1.29, 1.82) is 0 Å². The highest BCUT2D eigenvalue weighted by molar-refractivity contribution is 9.10. The van der Waals surface area contributed by atoms with Gasteiger partial charge in [-0.15, -0.1) is 0 Å². The Morgan fingerprint density at radius 1 is 1.40 bits per heavy atom. The van der Waals surface area contributed by atoms with E-state index in [1.165, 1.54) is 0 Å². The molecule has 114 valence electrons. The van der Waals surface area contributed by atoms with E-state index >= 15 is 0 Å². The van der Waals surface area contributed by atoms with E-state index in [9.17, 15) is 8.42 Å². The van der Waals surface area contributed by atoms with Crippen LogP contribution in [0.4, 0.5) is 0 Å². The summed E-state index contributed by atoms with van der Waals surface area (Å²) in [6, 6.07) is 3.43. The molecule has 0 aromatic heterocycles. The van der Waals surface area contributed by atoms with Gasteiger partial charge in [0.05, 0.1) is 10.5 Å². The van der Waals surface area contributed by atoms with Crippen LogP contribution in [0.5, 0.6) is 0 Å². The van der Waals surface area contributed by atoms with E-state index < -0.39 is 15.6 Å². The molecule has 0 aliphatic carbocycles. The van der Waals surface area contributed by atoms with E-state index in [-0.39, 0.29) is 18.0 Å². The van der Waals surface area contributed by atoms with Gasteiger partial charge in [0.15, 0.2) is 0 Å². The number of benzene rings is 1. The number of nitrogens with one attached hydrogen (secondary N) is 1. The maximum atomic E-state index is 12.4. The third-order valence-corrected chi connectivity index (χ3v) is 5.47. The molecule has 7 heteroatoms. The van der Waals surface area contributed by atoms with Crippen molar-refractivity contribution in [3.05, 3.63) is 27.7 Å². The molecule has 3 N–H and O–H groups in total. The van der Waals surface area contributed by atoms with Crippen LogP contribution in [0.15, 0.2) is 21.5 Å². The van der Waals surface area contributed by atoms with Crippen LogP contribution in [0.3, 0.4) is 0 Å². The van der Waals surface area contributed by atoms with E-state index in [0.29, 0.717) is 5.56 Å². The van der Waals surface area contributed by atoms with Crippen molar-refractivity contribution in [1.82, 2.24) is 4.72 Å². The van der Waals surface area contributed by atoms with Crippen LogP contribution in [0.25, 0.3) is 0 Å². The Labute approximate surface area is 129 Å². The van der Waals surface area contributed by atoms with Gasteiger partial charge in [0.2, 0.25) is 10.0 Å². The van der Waals surface area contributed by atoms with Gasteiger partial charge < -0.3 is 10.5 Å². The van der Waals surface area contributed by atoms with Gasteiger partial charge in [0, 0.05) is 24.7 Å². The van der Waals surface area contributed by atoms with Gasteiger partial charge in [-0.2, -0.15) is 0 Å². The zero-order valence-corrected chi connectivity index (χ0v) is 14.6. The molecule has 1 rings (SSSR count). The summed E-state index contributed by atoms with van der Waals surface area (Å²) >= 11 is 3.36. The van der Waals surface area contributed by atoms with Crippen LogP contribution >= 0.6 is 15.9 Å². The lowest BCUT2D eigenvalue weighted by molar-refractivity contribution is 0.0276. The van der Waals surface area contributed by atoms with Gasteiger partial charge >= 0.3 is 0 Å². The molecule has 0 atom stereocenters. The molecule has 1 aromatic rings. The number of hydrogen-bond acceptors (Lipinski definition) is 4. The largest absolute Gasteiger partial charge is 0.377 e. The van der Waals surface area contributed by atoms with Gasteiger partial charge in [-0.25, -0.2) is 13.1 Å². The fraction of sp³-hybridized carbons (Fsp3) is 0.538. The molecule has 0 aliphatic rings.